The molecule has 3 aromatic rings. The number of carbonyl (C=O) groups is 1. The van der Waals surface area contributed by atoms with Crippen LogP contribution in [-0.4, -0.2) is 26.3 Å². The van der Waals surface area contributed by atoms with Crippen LogP contribution in [-0.2, 0) is 4.74 Å². The fourth-order valence-corrected chi connectivity index (χ4v) is 5.60. The van der Waals surface area contributed by atoms with Gasteiger partial charge in [-0.05, 0) is 94.1 Å². The standard InChI is InChI=1S/C26H24ClIN2O2/c1-32-26(31)29-20-14-23-21(16-2-6-18(27)7-3-16)10-12-30-13-11-22(24(15-20)25(23)30)17-4-8-19(28)9-5-17/h2-9,14-15,21-22H,10-13H2,1H3,(H,29,31)/t21-,22-/m0/s1. The van der Waals surface area contributed by atoms with E-state index in [0.717, 1.165) is 36.6 Å². The molecule has 4 nitrogen and oxygen atoms in total. The Kier molecular flexibility index (Phi) is 6.03. The third-order valence-electron chi connectivity index (χ3n) is 6.59. The lowest BCUT2D eigenvalue weighted by Crippen LogP contribution is -2.37. The maximum Gasteiger partial charge on any atom is 0.411 e. The first-order valence-electron chi connectivity index (χ1n) is 10.8. The van der Waals surface area contributed by atoms with E-state index in [1.165, 1.54) is 38.6 Å². The molecule has 2 aliphatic heterocycles. The zero-order valence-electron chi connectivity index (χ0n) is 17.8. The molecule has 5 rings (SSSR count). The van der Waals surface area contributed by atoms with Gasteiger partial charge in [-0.15, -0.1) is 0 Å². The minimum Gasteiger partial charge on any atom is -0.453 e. The second-order valence-electron chi connectivity index (χ2n) is 8.39. The van der Waals surface area contributed by atoms with Crippen LogP contribution < -0.4 is 10.2 Å². The van der Waals surface area contributed by atoms with E-state index in [4.69, 9.17) is 16.3 Å². The van der Waals surface area contributed by atoms with E-state index in [9.17, 15) is 4.79 Å². The van der Waals surface area contributed by atoms with Crippen molar-refractivity contribution in [2.45, 2.75) is 24.7 Å². The molecule has 0 bridgehead atoms. The molecular formula is C26H24ClIN2O2. The van der Waals surface area contributed by atoms with Crippen molar-refractivity contribution in [2.24, 2.45) is 0 Å². The highest BCUT2D eigenvalue weighted by Gasteiger charge is 2.35. The van der Waals surface area contributed by atoms with E-state index in [1.54, 1.807) is 0 Å². The summed E-state index contributed by atoms with van der Waals surface area (Å²) in [6, 6.07) is 21.2. The van der Waals surface area contributed by atoms with E-state index in [-0.39, 0.29) is 5.92 Å². The van der Waals surface area contributed by atoms with Gasteiger partial charge in [-0.25, -0.2) is 4.79 Å². The van der Waals surface area contributed by atoms with E-state index < -0.39 is 6.09 Å². The summed E-state index contributed by atoms with van der Waals surface area (Å²) in [5, 5.41) is 3.66. The third-order valence-corrected chi connectivity index (χ3v) is 7.56. The number of rotatable bonds is 3. The fourth-order valence-electron chi connectivity index (χ4n) is 5.12. The number of nitrogens with one attached hydrogen (secondary N) is 1. The van der Waals surface area contributed by atoms with Crippen molar-refractivity contribution in [3.8, 4) is 0 Å². The van der Waals surface area contributed by atoms with Crippen molar-refractivity contribution in [2.75, 3.05) is 30.4 Å². The molecular weight excluding hydrogens is 535 g/mol. The number of methoxy groups -OCH3 is 1. The number of benzene rings is 3. The molecule has 164 valence electrons. The molecule has 0 unspecified atom stereocenters. The Morgan fingerprint density at radius 3 is 2.03 bits per heavy atom. The van der Waals surface area contributed by atoms with Gasteiger partial charge in [0.15, 0.2) is 0 Å². The second-order valence-corrected chi connectivity index (χ2v) is 10.1. The molecule has 32 heavy (non-hydrogen) atoms. The van der Waals surface area contributed by atoms with Crippen molar-refractivity contribution in [3.05, 3.63) is 91.5 Å². The predicted molar refractivity (Wildman–Crippen MR) is 138 cm³/mol. The molecule has 0 aromatic heterocycles. The molecule has 1 amide bonds. The summed E-state index contributed by atoms with van der Waals surface area (Å²) in [5.74, 6) is 0.549. The first-order chi connectivity index (χ1) is 15.5. The van der Waals surface area contributed by atoms with Crippen LogP contribution in [0.15, 0.2) is 60.7 Å². The summed E-state index contributed by atoms with van der Waals surface area (Å²) >= 11 is 8.50. The molecule has 0 radical (unpaired) electrons. The third kappa shape index (κ3) is 4.08. The molecule has 2 heterocycles. The molecule has 0 aliphatic carbocycles. The Labute approximate surface area is 207 Å². The molecule has 0 saturated carbocycles. The zero-order valence-corrected chi connectivity index (χ0v) is 20.7. The topological polar surface area (TPSA) is 41.6 Å². The summed E-state index contributed by atoms with van der Waals surface area (Å²) in [6.07, 6.45) is 1.64. The number of hydrogen-bond donors (Lipinski definition) is 1. The molecule has 2 atom stereocenters. The lowest BCUT2D eigenvalue weighted by Gasteiger charge is -2.43. The molecule has 6 heteroatoms. The van der Waals surface area contributed by atoms with Crippen LogP contribution in [0.25, 0.3) is 0 Å². The summed E-state index contributed by atoms with van der Waals surface area (Å²) < 4.78 is 6.11. The van der Waals surface area contributed by atoms with E-state index in [1.807, 2.05) is 12.1 Å². The van der Waals surface area contributed by atoms with Gasteiger partial charge in [-0.1, -0.05) is 35.9 Å². The lowest BCUT2D eigenvalue weighted by molar-refractivity contribution is 0.187. The number of carbonyl (C=O) groups excluding carboxylic acids is 1. The van der Waals surface area contributed by atoms with Crippen LogP contribution in [0, 0.1) is 3.57 Å². The Morgan fingerprint density at radius 2 is 1.50 bits per heavy atom. The van der Waals surface area contributed by atoms with Gasteiger partial charge >= 0.3 is 6.09 Å². The summed E-state index contributed by atoms with van der Waals surface area (Å²) in [5.41, 5.74) is 7.21. The lowest BCUT2D eigenvalue weighted by atomic mass is 9.76. The highest BCUT2D eigenvalue weighted by molar-refractivity contribution is 14.1. The van der Waals surface area contributed by atoms with Gasteiger partial charge in [-0.3, -0.25) is 5.32 Å². The average molecular weight is 559 g/mol. The summed E-state index contributed by atoms with van der Waals surface area (Å²) in [6.45, 7) is 2.06. The number of halogens is 2. The minimum absolute atomic E-state index is 0.257. The van der Waals surface area contributed by atoms with Crippen molar-refractivity contribution >= 4 is 51.7 Å². The Balaban J connectivity index is 1.66. The van der Waals surface area contributed by atoms with Crippen LogP contribution in [0.2, 0.25) is 5.02 Å². The maximum atomic E-state index is 12.0. The average Bonchev–Trinajstić information content (AvgIpc) is 2.81. The number of nitrogens with zero attached hydrogens (tertiary/aromatic N) is 1. The second kappa shape index (κ2) is 8.94. The SMILES string of the molecule is COC(=O)Nc1cc2c3c(c1)[C@H](c1ccc(I)cc1)CCN3CC[C@H]2c1ccc(Cl)cc1. The normalized spacial score (nSPS) is 19.3. The summed E-state index contributed by atoms with van der Waals surface area (Å²) in [7, 11) is 1.39. The van der Waals surface area contributed by atoms with Gasteiger partial charge in [0.2, 0.25) is 0 Å². The zero-order chi connectivity index (χ0) is 22.2. The van der Waals surface area contributed by atoms with Crippen LogP contribution in [0.5, 0.6) is 0 Å². The van der Waals surface area contributed by atoms with Gasteiger partial charge < -0.3 is 9.64 Å². The number of hydrogen-bond acceptors (Lipinski definition) is 3. The number of ether oxygens (including phenoxy) is 1. The van der Waals surface area contributed by atoms with Crippen molar-refractivity contribution in [3.63, 3.8) is 0 Å². The van der Waals surface area contributed by atoms with Gasteiger partial charge in [-0.2, -0.15) is 0 Å². The fraction of sp³-hybridized carbons (Fsp3) is 0.269. The summed E-state index contributed by atoms with van der Waals surface area (Å²) in [4.78, 5) is 14.6. The van der Waals surface area contributed by atoms with E-state index in [2.05, 4.69) is 81.3 Å². The van der Waals surface area contributed by atoms with Gasteiger partial charge in [0.1, 0.15) is 0 Å². The monoisotopic (exact) mass is 558 g/mol. The van der Waals surface area contributed by atoms with E-state index >= 15 is 0 Å². The van der Waals surface area contributed by atoms with E-state index in [0.29, 0.717) is 5.92 Å². The van der Waals surface area contributed by atoms with Crippen LogP contribution in [0.3, 0.4) is 0 Å². The van der Waals surface area contributed by atoms with Crippen molar-refractivity contribution in [1.82, 2.24) is 0 Å². The van der Waals surface area contributed by atoms with Crippen molar-refractivity contribution in [1.29, 1.82) is 0 Å². The molecule has 3 aromatic carbocycles. The predicted octanol–water partition coefficient (Wildman–Crippen LogP) is 7.00. The van der Waals surface area contributed by atoms with Gasteiger partial charge in [0.25, 0.3) is 0 Å². The minimum atomic E-state index is -0.450. The molecule has 0 saturated heterocycles. The maximum absolute atomic E-state index is 12.0. The number of anilines is 2. The highest BCUT2D eigenvalue weighted by atomic mass is 127. The van der Waals surface area contributed by atoms with Crippen LogP contribution in [0.4, 0.5) is 16.2 Å². The molecule has 2 aliphatic rings. The van der Waals surface area contributed by atoms with Crippen LogP contribution in [0.1, 0.15) is 46.9 Å². The number of amides is 1. The van der Waals surface area contributed by atoms with Crippen molar-refractivity contribution < 1.29 is 9.53 Å². The molecule has 0 fully saturated rings. The Morgan fingerprint density at radius 1 is 0.969 bits per heavy atom. The quantitative estimate of drug-likeness (QED) is 0.352. The molecule has 0 spiro atoms. The van der Waals surface area contributed by atoms with Crippen LogP contribution >= 0.6 is 34.2 Å². The Bertz CT molecular complexity index is 1070. The van der Waals surface area contributed by atoms with Gasteiger partial charge in [0.05, 0.1) is 7.11 Å². The first kappa shape index (κ1) is 21.6. The first-order valence-corrected chi connectivity index (χ1v) is 12.3. The highest BCUT2D eigenvalue weighted by Crippen LogP contribution is 2.49. The Hall–Kier alpha value is -2.25. The van der Waals surface area contributed by atoms with Gasteiger partial charge in [0, 0.05) is 44.9 Å². The smallest absolute Gasteiger partial charge is 0.411 e. The molecule has 1 N–H and O–H groups in total. The largest absolute Gasteiger partial charge is 0.453 e.